The van der Waals surface area contributed by atoms with Gasteiger partial charge in [0.05, 0.1) is 13.2 Å². The number of rotatable bonds is 12. The predicted octanol–water partition coefficient (Wildman–Crippen LogP) is 5.44. The molecule has 140 valence electrons. The normalized spacial score (nSPS) is 10.3. The number of nitrogens with one attached hydrogen (secondary N) is 1. The van der Waals surface area contributed by atoms with Crippen LogP contribution in [0.1, 0.15) is 45.4 Å². The van der Waals surface area contributed by atoms with Gasteiger partial charge in [0.2, 0.25) is 5.91 Å². The Bertz CT molecular complexity index is 626. The number of hydrogen-bond acceptors (Lipinski definition) is 3. The second-order valence-corrected chi connectivity index (χ2v) is 6.25. The summed E-state index contributed by atoms with van der Waals surface area (Å²) in [7, 11) is 0. The fourth-order valence-electron chi connectivity index (χ4n) is 2.52. The van der Waals surface area contributed by atoms with Crippen LogP contribution in [0.3, 0.4) is 0 Å². The Labute approximate surface area is 156 Å². The van der Waals surface area contributed by atoms with E-state index < -0.39 is 0 Å². The van der Waals surface area contributed by atoms with Crippen LogP contribution in [0.4, 0.5) is 5.69 Å². The zero-order valence-corrected chi connectivity index (χ0v) is 15.6. The number of amides is 1. The highest BCUT2D eigenvalue weighted by Gasteiger charge is 2.03. The summed E-state index contributed by atoms with van der Waals surface area (Å²) in [5.41, 5.74) is 0.789. The Hall–Kier alpha value is -2.49. The average Bonchev–Trinajstić information content (AvgIpc) is 2.67. The fraction of sp³-hybridized carbons (Fsp3) is 0.409. The molecule has 0 aliphatic carbocycles. The summed E-state index contributed by atoms with van der Waals surface area (Å²) in [4.78, 5) is 12.0. The van der Waals surface area contributed by atoms with Gasteiger partial charge in [0.15, 0.2) is 0 Å². The first-order valence-corrected chi connectivity index (χ1v) is 9.48. The van der Waals surface area contributed by atoms with Gasteiger partial charge in [0, 0.05) is 12.1 Å². The molecule has 0 heterocycles. The van der Waals surface area contributed by atoms with Gasteiger partial charge in [-0.2, -0.15) is 0 Å². The van der Waals surface area contributed by atoms with Crippen LogP contribution in [0.5, 0.6) is 11.5 Å². The van der Waals surface area contributed by atoms with Crippen LogP contribution in [0.25, 0.3) is 0 Å². The number of carbonyl (C=O) groups is 1. The van der Waals surface area contributed by atoms with Crippen LogP contribution in [0.2, 0.25) is 0 Å². The Morgan fingerprint density at radius 1 is 0.808 bits per heavy atom. The molecule has 0 saturated heterocycles. The van der Waals surface area contributed by atoms with Crippen molar-refractivity contribution in [2.75, 3.05) is 18.5 Å². The molecule has 0 radical (unpaired) electrons. The molecular weight excluding hydrogens is 326 g/mol. The van der Waals surface area contributed by atoms with Gasteiger partial charge >= 0.3 is 0 Å². The highest BCUT2D eigenvalue weighted by molar-refractivity contribution is 5.90. The molecule has 1 N–H and O–H groups in total. The van der Waals surface area contributed by atoms with E-state index in [2.05, 4.69) is 12.2 Å². The van der Waals surface area contributed by atoms with Gasteiger partial charge in [-0.25, -0.2) is 0 Å². The number of benzene rings is 2. The summed E-state index contributed by atoms with van der Waals surface area (Å²) in [6, 6.07) is 17.2. The zero-order chi connectivity index (χ0) is 18.5. The molecule has 2 aromatic carbocycles. The van der Waals surface area contributed by atoms with Crippen LogP contribution in [0, 0.1) is 0 Å². The number of anilines is 1. The van der Waals surface area contributed by atoms with Gasteiger partial charge < -0.3 is 14.8 Å². The minimum atomic E-state index is -0.00473. The number of carbonyl (C=O) groups excluding carboxylic acids is 1. The van der Waals surface area contributed by atoms with E-state index >= 15 is 0 Å². The van der Waals surface area contributed by atoms with E-state index in [0.717, 1.165) is 30.2 Å². The van der Waals surface area contributed by atoms with Crippen molar-refractivity contribution in [1.82, 2.24) is 0 Å². The fourth-order valence-corrected chi connectivity index (χ4v) is 2.52. The monoisotopic (exact) mass is 355 g/mol. The standard InChI is InChI=1S/C22H29NO3/c1-2-3-4-8-17-25-21-15-13-19(14-16-21)23-22(24)12-9-18-26-20-10-6-5-7-11-20/h5-7,10-11,13-16H,2-4,8-9,12,17-18H2,1H3,(H,23,24). The zero-order valence-electron chi connectivity index (χ0n) is 15.6. The third kappa shape index (κ3) is 8.06. The van der Waals surface area contributed by atoms with Crippen molar-refractivity contribution in [3.63, 3.8) is 0 Å². The lowest BCUT2D eigenvalue weighted by Gasteiger charge is -2.09. The van der Waals surface area contributed by atoms with Crippen molar-refractivity contribution in [3.8, 4) is 11.5 Å². The summed E-state index contributed by atoms with van der Waals surface area (Å²) < 4.78 is 11.3. The maximum atomic E-state index is 12.0. The Morgan fingerprint density at radius 2 is 1.46 bits per heavy atom. The third-order valence-electron chi connectivity index (χ3n) is 3.96. The molecule has 0 atom stereocenters. The molecule has 0 aromatic heterocycles. The molecular formula is C22H29NO3. The molecule has 2 rings (SSSR count). The maximum Gasteiger partial charge on any atom is 0.224 e. The molecule has 2 aromatic rings. The van der Waals surface area contributed by atoms with Crippen LogP contribution >= 0.6 is 0 Å². The highest BCUT2D eigenvalue weighted by Crippen LogP contribution is 2.17. The largest absolute Gasteiger partial charge is 0.494 e. The summed E-state index contributed by atoms with van der Waals surface area (Å²) >= 11 is 0. The first-order chi connectivity index (χ1) is 12.8. The molecule has 1 amide bonds. The van der Waals surface area contributed by atoms with E-state index in [1.807, 2.05) is 54.6 Å². The van der Waals surface area contributed by atoms with E-state index in [1.165, 1.54) is 19.3 Å². The van der Waals surface area contributed by atoms with E-state index in [4.69, 9.17) is 9.47 Å². The maximum absolute atomic E-state index is 12.0. The molecule has 0 unspecified atom stereocenters. The number of unbranched alkanes of at least 4 members (excludes halogenated alkanes) is 3. The minimum absolute atomic E-state index is 0.00473. The average molecular weight is 355 g/mol. The molecule has 0 fully saturated rings. The third-order valence-corrected chi connectivity index (χ3v) is 3.96. The Morgan fingerprint density at radius 3 is 2.15 bits per heavy atom. The Kier molecular flexibility index (Phi) is 9.12. The number of hydrogen-bond donors (Lipinski definition) is 1. The van der Waals surface area contributed by atoms with E-state index in [-0.39, 0.29) is 5.91 Å². The lowest BCUT2D eigenvalue weighted by Crippen LogP contribution is -2.12. The van der Waals surface area contributed by atoms with Gasteiger partial charge in [0.25, 0.3) is 0 Å². The quantitative estimate of drug-likeness (QED) is 0.515. The van der Waals surface area contributed by atoms with Crippen molar-refractivity contribution in [2.45, 2.75) is 45.4 Å². The second-order valence-electron chi connectivity index (χ2n) is 6.25. The smallest absolute Gasteiger partial charge is 0.224 e. The SMILES string of the molecule is CCCCCCOc1ccc(NC(=O)CCCOc2ccccc2)cc1. The molecule has 4 nitrogen and oxygen atoms in total. The topological polar surface area (TPSA) is 47.6 Å². The van der Waals surface area contributed by atoms with Crippen molar-refractivity contribution >= 4 is 11.6 Å². The summed E-state index contributed by atoms with van der Waals surface area (Å²) in [6.07, 6.45) is 5.88. The summed E-state index contributed by atoms with van der Waals surface area (Å²) in [5.74, 6) is 1.67. The van der Waals surface area contributed by atoms with E-state index in [1.54, 1.807) is 0 Å². The predicted molar refractivity (Wildman–Crippen MR) is 106 cm³/mol. The van der Waals surface area contributed by atoms with Crippen LogP contribution in [-0.2, 0) is 4.79 Å². The highest BCUT2D eigenvalue weighted by atomic mass is 16.5. The van der Waals surface area contributed by atoms with Crippen molar-refractivity contribution < 1.29 is 14.3 Å². The van der Waals surface area contributed by atoms with Gasteiger partial charge in [0.1, 0.15) is 11.5 Å². The van der Waals surface area contributed by atoms with Crippen molar-refractivity contribution in [1.29, 1.82) is 0 Å². The molecule has 0 saturated carbocycles. The number of ether oxygens (including phenoxy) is 2. The summed E-state index contributed by atoms with van der Waals surface area (Å²) in [6.45, 7) is 3.47. The van der Waals surface area contributed by atoms with Crippen LogP contribution in [0.15, 0.2) is 54.6 Å². The molecule has 4 heteroatoms. The molecule has 0 bridgehead atoms. The van der Waals surface area contributed by atoms with Crippen LogP contribution < -0.4 is 14.8 Å². The van der Waals surface area contributed by atoms with Gasteiger partial charge in [-0.3, -0.25) is 4.79 Å². The summed E-state index contributed by atoms with van der Waals surface area (Å²) in [5, 5.41) is 2.90. The number of para-hydroxylation sites is 1. The molecule has 0 spiro atoms. The Balaban J connectivity index is 1.60. The molecule has 26 heavy (non-hydrogen) atoms. The first-order valence-electron chi connectivity index (χ1n) is 9.48. The minimum Gasteiger partial charge on any atom is -0.494 e. The lowest BCUT2D eigenvalue weighted by atomic mass is 10.2. The van der Waals surface area contributed by atoms with Gasteiger partial charge in [-0.15, -0.1) is 0 Å². The molecule has 0 aliphatic heterocycles. The van der Waals surface area contributed by atoms with E-state index in [0.29, 0.717) is 19.4 Å². The van der Waals surface area contributed by atoms with Gasteiger partial charge in [-0.05, 0) is 49.2 Å². The lowest BCUT2D eigenvalue weighted by molar-refractivity contribution is -0.116. The van der Waals surface area contributed by atoms with Crippen LogP contribution in [-0.4, -0.2) is 19.1 Å². The van der Waals surface area contributed by atoms with E-state index in [9.17, 15) is 4.79 Å². The first kappa shape index (κ1) is 19.8. The van der Waals surface area contributed by atoms with Crippen molar-refractivity contribution in [3.05, 3.63) is 54.6 Å². The van der Waals surface area contributed by atoms with Crippen molar-refractivity contribution in [2.24, 2.45) is 0 Å². The molecule has 0 aliphatic rings. The second kappa shape index (κ2) is 12.0. The van der Waals surface area contributed by atoms with Gasteiger partial charge in [-0.1, -0.05) is 44.4 Å².